The molecule has 0 radical (unpaired) electrons. The molecule has 0 unspecified atom stereocenters. The zero-order valence-electron chi connectivity index (χ0n) is 18.0. The molecule has 0 atom stereocenters. The molecule has 0 saturated heterocycles. The third kappa shape index (κ3) is 7.44. The predicted octanol–water partition coefficient (Wildman–Crippen LogP) is 5.72. The van der Waals surface area contributed by atoms with Gasteiger partial charge in [0.2, 0.25) is 11.8 Å². The number of hydrogen-bond acceptors (Lipinski definition) is 4. The van der Waals surface area contributed by atoms with Crippen LogP contribution in [0, 0.1) is 0 Å². The number of nitrogens with one attached hydrogen (secondary N) is 2. The summed E-state index contributed by atoms with van der Waals surface area (Å²) in [6.45, 7) is 2.29. The van der Waals surface area contributed by atoms with Crippen molar-refractivity contribution in [3.63, 3.8) is 0 Å². The molecule has 0 aliphatic rings. The van der Waals surface area contributed by atoms with Gasteiger partial charge in [0.25, 0.3) is 0 Å². The van der Waals surface area contributed by atoms with Crippen molar-refractivity contribution in [3.05, 3.63) is 92.9 Å². The van der Waals surface area contributed by atoms with Gasteiger partial charge in [-0.3, -0.25) is 9.59 Å². The molecule has 33 heavy (non-hydrogen) atoms. The standard InChI is InChI=1S/C25H23BrClN3O3/c1-2-17-7-4-6-10-22(17)29-24(31)14-25(32)30-28-15-19-13-20(26)11-12-23(19)33-16-18-8-3-5-9-21(18)27/h3-13,15H,2,14,16H2,1H3,(H,29,31)(H,30,32). The summed E-state index contributed by atoms with van der Waals surface area (Å²) in [5.41, 5.74) is 5.60. The second-order valence-corrected chi connectivity index (χ2v) is 8.41. The van der Waals surface area contributed by atoms with Gasteiger partial charge in [0.05, 0.1) is 6.21 Å². The van der Waals surface area contributed by atoms with Crippen LogP contribution in [0.15, 0.2) is 76.3 Å². The zero-order valence-corrected chi connectivity index (χ0v) is 20.3. The van der Waals surface area contributed by atoms with Crippen LogP contribution in [0.3, 0.4) is 0 Å². The van der Waals surface area contributed by atoms with Gasteiger partial charge in [0.1, 0.15) is 18.8 Å². The molecular formula is C25H23BrClN3O3. The summed E-state index contributed by atoms with van der Waals surface area (Å²) < 4.78 is 6.72. The number of ether oxygens (including phenoxy) is 1. The molecule has 170 valence electrons. The van der Waals surface area contributed by atoms with E-state index in [-0.39, 0.29) is 13.0 Å². The molecule has 6 nitrogen and oxygen atoms in total. The minimum atomic E-state index is -0.522. The number of para-hydroxylation sites is 1. The minimum absolute atomic E-state index is 0.286. The lowest BCUT2D eigenvalue weighted by molar-refractivity contribution is -0.126. The van der Waals surface area contributed by atoms with E-state index in [1.807, 2.05) is 61.5 Å². The zero-order chi connectivity index (χ0) is 23.6. The Hall–Kier alpha value is -3.16. The first-order chi connectivity index (χ1) is 16.0. The Labute approximate surface area is 206 Å². The quantitative estimate of drug-likeness (QED) is 0.212. The summed E-state index contributed by atoms with van der Waals surface area (Å²) in [7, 11) is 0. The second-order valence-electron chi connectivity index (χ2n) is 7.09. The Morgan fingerprint density at radius 1 is 1.03 bits per heavy atom. The average Bonchev–Trinajstić information content (AvgIpc) is 2.79. The van der Waals surface area contributed by atoms with Crippen LogP contribution in [-0.4, -0.2) is 18.0 Å². The van der Waals surface area contributed by atoms with E-state index in [1.165, 1.54) is 6.21 Å². The van der Waals surface area contributed by atoms with Gasteiger partial charge in [0, 0.05) is 26.3 Å². The monoisotopic (exact) mass is 527 g/mol. The van der Waals surface area contributed by atoms with Crippen LogP contribution in [-0.2, 0) is 22.6 Å². The van der Waals surface area contributed by atoms with Crippen molar-refractivity contribution in [2.24, 2.45) is 5.10 Å². The van der Waals surface area contributed by atoms with Crippen molar-refractivity contribution in [1.29, 1.82) is 0 Å². The minimum Gasteiger partial charge on any atom is -0.488 e. The number of carbonyl (C=O) groups excluding carboxylic acids is 2. The molecular weight excluding hydrogens is 506 g/mol. The highest BCUT2D eigenvalue weighted by molar-refractivity contribution is 9.10. The highest BCUT2D eigenvalue weighted by Gasteiger charge is 2.11. The maximum Gasteiger partial charge on any atom is 0.249 e. The Bertz CT molecular complexity index is 1170. The lowest BCUT2D eigenvalue weighted by atomic mass is 10.1. The molecule has 0 aromatic heterocycles. The summed E-state index contributed by atoms with van der Waals surface area (Å²) in [4.78, 5) is 24.4. The molecule has 3 rings (SSSR count). The first-order valence-electron chi connectivity index (χ1n) is 10.3. The van der Waals surface area contributed by atoms with Crippen molar-refractivity contribution >= 4 is 51.2 Å². The third-order valence-corrected chi connectivity index (χ3v) is 5.56. The number of hydrazone groups is 1. The van der Waals surface area contributed by atoms with Gasteiger partial charge in [-0.15, -0.1) is 0 Å². The Balaban J connectivity index is 1.57. The molecule has 2 amide bonds. The fourth-order valence-electron chi connectivity index (χ4n) is 3.03. The molecule has 3 aromatic carbocycles. The molecule has 8 heteroatoms. The maximum absolute atomic E-state index is 12.2. The first-order valence-corrected chi connectivity index (χ1v) is 11.5. The van der Waals surface area contributed by atoms with Crippen LogP contribution in [0.2, 0.25) is 5.02 Å². The van der Waals surface area contributed by atoms with Crippen LogP contribution < -0.4 is 15.5 Å². The average molecular weight is 529 g/mol. The molecule has 0 aliphatic carbocycles. The van der Waals surface area contributed by atoms with E-state index < -0.39 is 11.8 Å². The van der Waals surface area contributed by atoms with E-state index >= 15 is 0 Å². The summed E-state index contributed by atoms with van der Waals surface area (Å²) in [5, 5.41) is 7.37. The Morgan fingerprint density at radius 3 is 2.52 bits per heavy atom. The van der Waals surface area contributed by atoms with Crippen molar-refractivity contribution in [2.45, 2.75) is 26.4 Å². The van der Waals surface area contributed by atoms with Gasteiger partial charge in [-0.25, -0.2) is 5.43 Å². The number of nitrogens with zero attached hydrogens (tertiary/aromatic N) is 1. The van der Waals surface area contributed by atoms with Crippen LogP contribution >= 0.6 is 27.5 Å². The SMILES string of the molecule is CCc1ccccc1NC(=O)CC(=O)NN=Cc1cc(Br)ccc1OCc1ccccc1Cl. The molecule has 0 bridgehead atoms. The maximum atomic E-state index is 12.2. The fourth-order valence-corrected chi connectivity index (χ4v) is 3.60. The van der Waals surface area contributed by atoms with Crippen molar-refractivity contribution in [2.75, 3.05) is 5.32 Å². The van der Waals surface area contributed by atoms with Gasteiger partial charge >= 0.3 is 0 Å². The molecule has 0 heterocycles. The largest absolute Gasteiger partial charge is 0.488 e. The van der Waals surface area contributed by atoms with Gasteiger partial charge in [-0.05, 0) is 42.3 Å². The molecule has 2 N–H and O–H groups in total. The summed E-state index contributed by atoms with van der Waals surface area (Å²) >= 11 is 9.61. The van der Waals surface area contributed by atoms with E-state index in [0.717, 1.165) is 22.0 Å². The summed E-state index contributed by atoms with van der Waals surface area (Å²) in [6.07, 6.45) is 1.90. The number of halogens is 2. The first kappa shape index (κ1) is 24.5. The Kier molecular flexibility index (Phi) is 9.04. The van der Waals surface area contributed by atoms with Gasteiger partial charge < -0.3 is 10.1 Å². The number of rotatable bonds is 9. The Morgan fingerprint density at radius 2 is 1.76 bits per heavy atom. The number of hydrogen-bond donors (Lipinski definition) is 2. The van der Waals surface area contributed by atoms with E-state index in [9.17, 15) is 9.59 Å². The lowest BCUT2D eigenvalue weighted by Crippen LogP contribution is -2.25. The van der Waals surface area contributed by atoms with Gasteiger partial charge in [-0.2, -0.15) is 5.10 Å². The molecule has 0 fully saturated rings. The van der Waals surface area contributed by atoms with Gasteiger partial charge in [-0.1, -0.05) is 70.9 Å². The lowest BCUT2D eigenvalue weighted by Gasteiger charge is -2.11. The highest BCUT2D eigenvalue weighted by Crippen LogP contribution is 2.24. The third-order valence-electron chi connectivity index (χ3n) is 4.70. The normalized spacial score (nSPS) is 10.8. The molecule has 0 aliphatic heterocycles. The van der Waals surface area contributed by atoms with Gasteiger partial charge in [0.15, 0.2) is 0 Å². The number of amides is 2. The van der Waals surface area contributed by atoms with Crippen LogP contribution in [0.25, 0.3) is 0 Å². The van der Waals surface area contributed by atoms with Crippen molar-refractivity contribution < 1.29 is 14.3 Å². The number of anilines is 1. The fraction of sp³-hybridized carbons (Fsp3) is 0.160. The van der Waals surface area contributed by atoms with Crippen molar-refractivity contribution in [1.82, 2.24) is 5.43 Å². The summed E-state index contributed by atoms with van der Waals surface area (Å²) in [6, 6.07) is 20.4. The van der Waals surface area contributed by atoms with E-state index in [0.29, 0.717) is 22.0 Å². The number of carbonyl (C=O) groups is 2. The van der Waals surface area contributed by atoms with E-state index in [4.69, 9.17) is 16.3 Å². The van der Waals surface area contributed by atoms with E-state index in [2.05, 4.69) is 31.8 Å². The molecule has 0 spiro atoms. The highest BCUT2D eigenvalue weighted by atomic mass is 79.9. The predicted molar refractivity (Wildman–Crippen MR) is 135 cm³/mol. The van der Waals surface area contributed by atoms with Crippen LogP contribution in [0.5, 0.6) is 5.75 Å². The molecule has 3 aromatic rings. The van der Waals surface area contributed by atoms with Crippen LogP contribution in [0.4, 0.5) is 5.69 Å². The van der Waals surface area contributed by atoms with Crippen LogP contribution in [0.1, 0.15) is 30.0 Å². The number of aryl methyl sites for hydroxylation is 1. The smallest absolute Gasteiger partial charge is 0.249 e. The topological polar surface area (TPSA) is 79.8 Å². The second kappa shape index (κ2) is 12.2. The van der Waals surface area contributed by atoms with Crippen molar-refractivity contribution in [3.8, 4) is 5.75 Å². The number of benzene rings is 3. The molecule has 0 saturated carbocycles. The van der Waals surface area contributed by atoms with E-state index in [1.54, 1.807) is 12.1 Å². The summed E-state index contributed by atoms with van der Waals surface area (Å²) in [5.74, 6) is -0.355.